The topological polar surface area (TPSA) is 50.4 Å². The number of carbonyl (C=O) groups excluding carboxylic acids is 1. The van der Waals surface area contributed by atoms with Gasteiger partial charge in [-0.1, -0.05) is 54.4 Å². The first-order chi connectivity index (χ1) is 12.3. The summed E-state index contributed by atoms with van der Waals surface area (Å²) >= 11 is 12.3. The van der Waals surface area contributed by atoms with E-state index >= 15 is 0 Å². The Hall–Kier alpha value is -1.91. The molecule has 1 aliphatic rings. The van der Waals surface area contributed by atoms with Crippen LogP contribution in [0.4, 0.5) is 10.5 Å². The maximum absolute atomic E-state index is 12.1. The molecule has 2 aromatic carbocycles. The monoisotopic (exact) mass is 392 g/mol. The highest BCUT2D eigenvalue weighted by Crippen LogP contribution is 2.55. The Kier molecular flexibility index (Phi) is 5.35. The van der Waals surface area contributed by atoms with Gasteiger partial charge in [0.05, 0.1) is 0 Å². The third-order valence-corrected chi connectivity index (χ3v) is 5.84. The van der Waals surface area contributed by atoms with Crippen LogP contribution >= 0.6 is 23.2 Å². The van der Waals surface area contributed by atoms with Crippen molar-refractivity contribution in [2.75, 3.05) is 5.32 Å². The molecule has 0 spiro atoms. The van der Waals surface area contributed by atoms with E-state index in [2.05, 4.69) is 10.6 Å². The molecule has 0 saturated heterocycles. The molecule has 26 heavy (non-hydrogen) atoms. The molecule has 0 aliphatic heterocycles. The van der Waals surface area contributed by atoms with Gasteiger partial charge in [-0.05, 0) is 48.7 Å². The number of halogens is 2. The minimum absolute atomic E-state index is 0.0928. The smallest absolute Gasteiger partial charge is 0.319 e. The summed E-state index contributed by atoms with van der Waals surface area (Å²) in [6.07, 6.45) is -0.208. The third-order valence-electron chi connectivity index (χ3n) is 4.72. The van der Waals surface area contributed by atoms with Gasteiger partial charge in [-0.25, -0.2) is 4.79 Å². The lowest BCUT2D eigenvalue weighted by Crippen LogP contribution is -2.28. The summed E-state index contributed by atoms with van der Waals surface area (Å²) in [5.74, 6) is 0.811. The van der Waals surface area contributed by atoms with Crippen molar-refractivity contribution in [1.29, 1.82) is 0 Å². The number of aryl methyl sites for hydroxylation is 2. The van der Waals surface area contributed by atoms with E-state index in [0.29, 0.717) is 12.2 Å². The van der Waals surface area contributed by atoms with Crippen LogP contribution < -0.4 is 15.4 Å². The fourth-order valence-electron chi connectivity index (χ4n) is 2.78. The quantitative estimate of drug-likeness (QED) is 0.687. The third kappa shape index (κ3) is 4.08. The van der Waals surface area contributed by atoms with E-state index in [4.69, 9.17) is 27.9 Å². The van der Waals surface area contributed by atoms with Crippen molar-refractivity contribution in [3.8, 4) is 5.75 Å². The van der Waals surface area contributed by atoms with Crippen LogP contribution in [-0.4, -0.2) is 16.5 Å². The summed E-state index contributed by atoms with van der Waals surface area (Å²) in [5.41, 5.74) is 3.84. The van der Waals surface area contributed by atoms with Crippen molar-refractivity contribution in [1.82, 2.24) is 5.32 Å². The lowest BCUT2D eigenvalue weighted by atomic mass is 10.1. The van der Waals surface area contributed by atoms with Gasteiger partial charge in [0.2, 0.25) is 0 Å². The summed E-state index contributed by atoms with van der Waals surface area (Å²) in [6.45, 7) is 6.37. The van der Waals surface area contributed by atoms with Gasteiger partial charge in [0.15, 0.2) is 4.33 Å². The molecule has 138 valence electrons. The van der Waals surface area contributed by atoms with E-state index in [9.17, 15) is 4.79 Å². The molecule has 0 heterocycles. The van der Waals surface area contributed by atoms with Gasteiger partial charge in [-0.3, -0.25) is 0 Å². The number of urea groups is 1. The van der Waals surface area contributed by atoms with Crippen LogP contribution in [0.5, 0.6) is 5.75 Å². The average Bonchev–Trinajstić information content (AvgIpc) is 3.06. The molecule has 0 radical (unpaired) electrons. The van der Waals surface area contributed by atoms with Gasteiger partial charge in [0, 0.05) is 18.2 Å². The number of hydrogen-bond acceptors (Lipinski definition) is 2. The predicted octanol–water partition coefficient (Wildman–Crippen LogP) is 5.20. The molecular weight excluding hydrogens is 371 g/mol. The number of benzene rings is 2. The van der Waals surface area contributed by atoms with Crippen LogP contribution in [0.25, 0.3) is 0 Å². The molecule has 1 saturated carbocycles. The number of alkyl halides is 2. The number of amides is 2. The molecule has 1 fully saturated rings. The Morgan fingerprint density at radius 1 is 1.15 bits per heavy atom. The Morgan fingerprint density at radius 2 is 1.85 bits per heavy atom. The molecule has 4 nitrogen and oxygen atoms in total. The molecule has 2 atom stereocenters. The number of ether oxygens (including phenoxy) is 1. The highest BCUT2D eigenvalue weighted by molar-refractivity contribution is 6.51. The minimum atomic E-state index is -0.821. The van der Waals surface area contributed by atoms with Crippen molar-refractivity contribution < 1.29 is 9.53 Å². The highest BCUT2D eigenvalue weighted by Gasteiger charge is 2.63. The van der Waals surface area contributed by atoms with Gasteiger partial charge >= 0.3 is 6.03 Å². The van der Waals surface area contributed by atoms with Crippen molar-refractivity contribution in [3.63, 3.8) is 0 Å². The Morgan fingerprint density at radius 3 is 2.46 bits per heavy atom. The molecule has 2 unspecified atom stereocenters. The van der Waals surface area contributed by atoms with E-state index in [1.54, 1.807) is 6.07 Å². The Balaban J connectivity index is 1.56. The van der Waals surface area contributed by atoms with Crippen LogP contribution in [0.2, 0.25) is 0 Å². The number of nitrogens with one attached hydrogen (secondary N) is 2. The van der Waals surface area contributed by atoms with E-state index in [0.717, 1.165) is 22.4 Å². The zero-order valence-electron chi connectivity index (χ0n) is 15.0. The maximum Gasteiger partial charge on any atom is 0.319 e. The fraction of sp³-hybridized carbons (Fsp3) is 0.350. The fourth-order valence-corrected chi connectivity index (χ4v) is 3.35. The molecule has 2 amide bonds. The zero-order valence-corrected chi connectivity index (χ0v) is 16.5. The number of carbonyl (C=O) groups is 1. The first-order valence-corrected chi connectivity index (χ1v) is 9.29. The van der Waals surface area contributed by atoms with Crippen LogP contribution in [0.1, 0.15) is 23.6 Å². The standard InChI is InChI=1S/C20H22Cl2N2O2/c1-12-6-4-5-7-15(12)11-23-19(25)24-16-8-9-17(13(2)10-16)26-18-14(3)20(18,21)22/h4-10,14,18H,11H2,1-3H3,(H2,23,24,25). The van der Waals surface area contributed by atoms with Gasteiger partial charge < -0.3 is 15.4 Å². The second kappa shape index (κ2) is 7.37. The molecular formula is C20H22Cl2N2O2. The van der Waals surface area contributed by atoms with Crippen LogP contribution in [0.3, 0.4) is 0 Å². The molecule has 6 heteroatoms. The summed E-state index contributed by atoms with van der Waals surface area (Å²) in [7, 11) is 0. The van der Waals surface area contributed by atoms with Gasteiger partial charge in [0.25, 0.3) is 0 Å². The summed E-state index contributed by atoms with van der Waals surface area (Å²) in [4.78, 5) is 12.1. The molecule has 2 N–H and O–H groups in total. The summed E-state index contributed by atoms with van der Waals surface area (Å²) < 4.78 is 5.05. The normalized spacial score (nSPS) is 20.3. The first kappa shape index (κ1) is 18.9. The van der Waals surface area contributed by atoms with Gasteiger partial charge in [0.1, 0.15) is 11.9 Å². The Bertz CT molecular complexity index is 823. The summed E-state index contributed by atoms with van der Waals surface area (Å²) in [6, 6.07) is 13.2. The van der Waals surface area contributed by atoms with Gasteiger partial charge in [-0.15, -0.1) is 0 Å². The second-order valence-corrected chi connectivity index (χ2v) is 8.16. The molecule has 0 aromatic heterocycles. The largest absolute Gasteiger partial charge is 0.487 e. The van der Waals surface area contributed by atoms with E-state index in [1.807, 2.05) is 57.2 Å². The minimum Gasteiger partial charge on any atom is -0.487 e. The zero-order chi connectivity index (χ0) is 18.9. The number of anilines is 1. The van der Waals surface area contributed by atoms with Crippen LogP contribution in [-0.2, 0) is 6.54 Å². The molecule has 2 aromatic rings. The molecule has 0 bridgehead atoms. The first-order valence-electron chi connectivity index (χ1n) is 8.53. The van der Waals surface area contributed by atoms with Crippen molar-refractivity contribution in [3.05, 3.63) is 59.2 Å². The molecule has 1 aliphatic carbocycles. The molecule has 3 rings (SSSR count). The highest BCUT2D eigenvalue weighted by atomic mass is 35.5. The predicted molar refractivity (Wildman–Crippen MR) is 106 cm³/mol. The van der Waals surface area contributed by atoms with E-state index in [1.165, 1.54) is 0 Å². The summed E-state index contributed by atoms with van der Waals surface area (Å²) in [5, 5.41) is 5.70. The average molecular weight is 393 g/mol. The van der Waals surface area contributed by atoms with Crippen LogP contribution in [0.15, 0.2) is 42.5 Å². The maximum atomic E-state index is 12.1. The Labute approximate surface area is 163 Å². The SMILES string of the molecule is Cc1ccccc1CNC(=O)Nc1ccc(OC2C(C)C2(Cl)Cl)c(C)c1. The number of hydrogen-bond donors (Lipinski definition) is 2. The lowest BCUT2D eigenvalue weighted by Gasteiger charge is -2.13. The van der Waals surface area contributed by atoms with Gasteiger partial charge in [-0.2, -0.15) is 0 Å². The van der Waals surface area contributed by atoms with Crippen molar-refractivity contribution >= 4 is 34.9 Å². The van der Waals surface area contributed by atoms with E-state index < -0.39 is 4.33 Å². The second-order valence-electron chi connectivity index (χ2n) is 6.72. The lowest BCUT2D eigenvalue weighted by molar-refractivity contribution is 0.251. The number of rotatable bonds is 5. The van der Waals surface area contributed by atoms with Crippen LogP contribution in [0, 0.1) is 19.8 Å². The van der Waals surface area contributed by atoms with Crippen molar-refractivity contribution in [2.24, 2.45) is 5.92 Å². The van der Waals surface area contributed by atoms with E-state index in [-0.39, 0.29) is 18.1 Å². The van der Waals surface area contributed by atoms with Crippen molar-refractivity contribution in [2.45, 2.75) is 37.8 Å².